The van der Waals surface area contributed by atoms with Crippen molar-refractivity contribution < 1.29 is 22.7 Å². The average molecular weight is 647 g/mol. The van der Waals surface area contributed by atoms with E-state index in [1.54, 1.807) is 54.6 Å². The summed E-state index contributed by atoms with van der Waals surface area (Å²) in [6.07, 6.45) is 4.18. The second-order valence-electron chi connectivity index (χ2n) is 10.7. The van der Waals surface area contributed by atoms with E-state index in [4.69, 9.17) is 27.9 Å². The largest absolute Gasteiger partial charge is 0.495 e. The van der Waals surface area contributed by atoms with Crippen molar-refractivity contribution in [3.05, 3.63) is 87.9 Å². The summed E-state index contributed by atoms with van der Waals surface area (Å²) in [6, 6.07) is 17.3. The molecule has 1 saturated carbocycles. The monoisotopic (exact) mass is 645 g/mol. The van der Waals surface area contributed by atoms with Gasteiger partial charge in [0.05, 0.1) is 27.7 Å². The molecule has 1 atom stereocenters. The number of anilines is 1. The maximum Gasteiger partial charge on any atom is 0.264 e. The number of para-hydroxylation sites is 2. The van der Waals surface area contributed by atoms with Gasteiger partial charge in [-0.2, -0.15) is 0 Å². The highest BCUT2D eigenvalue weighted by Gasteiger charge is 2.35. The van der Waals surface area contributed by atoms with Gasteiger partial charge in [0.2, 0.25) is 11.8 Å². The first-order chi connectivity index (χ1) is 20.5. The zero-order chi connectivity index (χ0) is 31.1. The molecule has 1 aliphatic rings. The molecule has 43 heavy (non-hydrogen) atoms. The first-order valence-corrected chi connectivity index (χ1v) is 16.5. The summed E-state index contributed by atoms with van der Waals surface area (Å²) in [5, 5.41) is 3.78. The molecule has 1 N–H and O–H groups in total. The van der Waals surface area contributed by atoms with Crippen LogP contribution < -0.4 is 14.4 Å². The number of carbonyl (C=O) groups excluding carboxylic acids is 2. The van der Waals surface area contributed by atoms with Crippen LogP contribution in [0.15, 0.2) is 71.6 Å². The fourth-order valence-corrected chi connectivity index (χ4v) is 7.05. The predicted molar refractivity (Wildman–Crippen MR) is 170 cm³/mol. The molecule has 0 radical (unpaired) electrons. The van der Waals surface area contributed by atoms with E-state index < -0.39 is 28.5 Å². The molecule has 1 aliphatic carbocycles. The Morgan fingerprint density at radius 2 is 1.67 bits per heavy atom. The summed E-state index contributed by atoms with van der Waals surface area (Å²) in [4.78, 5) is 29.3. The third kappa shape index (κ3) is 7.82. The number of aryl methyl sites for hydroxylation is 1. The normalized spacial score (nSPS) is 14.3. The van der Waals surface area contributed by atoms with E-state index in [1.165, 1.54) is 24.1 Å². The van der Waals surface area contributed by atoms with Crippen LogP contribution in [0.5, 0.6) is 5.75 Å². The first kappa shape index (κ1) is 32.6. The van der Waals surface area contributed by atoms with Crippen molar-refractivity contribution in [1.29, 1.82) is 0 Å². The number of halogens is 2. The lowest BCUT2D eigenvalue weighted by Gasteiger charge is -2.34. The zero-order valence-corrected chi connectivity index (χ0v) is 26.9. The molecule has 4 rings (SSSR count). The molecule has 2 amide bonds. The molecule has 0 spiro atoms. The molecule has 0 heterocycles. The molecule has 1 fully saturated rings. The van der Waals surface area contributed by atoms with Crippen molar-refractivity contribution >= 4 is 50.7 Å². The Kier molecular flexibility index (Phi) is 11.0. The molecular formula is C32H37Cl2N3O5S. The van der Waals surface area contributed by atoms with Gasteiger partial charge < -0.3 is 15.0 Å². The van der Waals surface area contributed by atoms with Gasteiger partial charge in [-0.25, -0.2) is 8.42 Å². The highest BCUT2D eigenvalue weighted by Crippen LogP contribution is 2.33. The molecule has 0 aromatic heterocycles. The van der Waals surface area contributed by atoms with E-state index in [1.807, 2.05) is 13.8 Å². The average Bonchev–Trinajstić information content (AvgIpc) is 3.50. The number of benzene rings is 3. The van der Waals surface area contributed by atoms with Gasteiger partial charge >= 0.3 is 0 Å². The molecular weight excluding hydrogens is 609 g/mol. The second kappa shape index (κ2) is 14.5. The van der Waals surface area contributed by atoms with Crippen LogP contribution in [0.4, 0.5) is 5.69 Å². The topological polar surface area (TPSA) is 96.0 Å². The van der Waals surface area contributed by atoms with Gasteiger partial charge in [-0.05, 0) is 68.1 Å². The van der Waals surface area contributed by atoms with Gasteiger partial charge in [-0.3, -0.25) is 13.9 Å². The van der Waals surface area contributed by atoms with E-state index in [9.17, 15) is 18.0 Å². The van der Waals surface area contributed by atoms with E-state index >= 15 is 0 Å². The number of methoxy groups -OCH3 is 1. The van der Waals surface area contributed by atoms with E-state index in [0.717, 1.165) is 35.6 Å². The zero-order valence-electron chi connectivity index (χ0n) is 24.6. The molecule has 3 aromatic carbocycles. The summed E-state index contributed by atoms with van der Waals surface area (Å²) in [6.45, 7) is 3.15. The second-order valence-corrected chi connectivity index (χ2v) is 13.4. The number of amides is 2. The van der Waals surface area contributed by atoms with Gasteiger partial charge in [0.1, 0.15) is 18.3 Å². The lowest BCUT2D eigenvalue weighted by molar-refractivity contribution is -0.140. The van der Waals surface area contributed by atoms with Crippen LogP contribution in [-0.4, -0.2) is 50.9 Å². The Morgan fingerprint density at radius 1 is 1.00 bits per heavy atom. The number of sulfonamides is 1. The molecule has 0 bridgehead atoms. The molecule has 0 unspecified atom stereocenters. The molecule has 11 heteroatoms. The fourth-order valence-electron chi connectivity index (χ4n) is 5.31. The molecule has 230 valence electrons. The van der Waals surface area contributed by atoms with E-state index in [2.05, 4.69) is 5.32 Å². The van der Waals surface area contributed by atoms with E-state index in [0.29, 0.717) is 22.0 Å². The summed E-state index contributed by atoms with van der Waals surface area (Å²) >= 11 is 12.4. The van der Waals surface area contributed by atoms with Gasteiger partial charge in [-0.1, -0.05) is 78.9 Å². The number of hydrogen-bond donors (Lipinski definition) is 1. The van der Waals surface area contributed by atoms with E-state index in [-0.39, 0.29) is 34.8 Å². The highest BCUT2D eigenvalue weighted by molar-refractivity contribution is 7.92. The number of hydrogen-bond acceptors (Lipinski definition) is 5. The summed E-state index contributed by atoms with van der Waals surface area (Å²) < 4.78 is 34.7. The Morgan fingerprint density at radius 3 is 2.30 bits per heavy atom. The SMILES string of the molecule is CC[C@@H](C(=O)NC1CCCC1)N(Cc1ccc(Cl)c(Cl)c1)C(=O)CN(c1ccccc1OC)S(=O)(=O)c1ccc(C)cc1. The minimum atomic E-state index is -4.22. The smallest absolute Gasteiger partial charge is 0.264 e. The summed E-state index contributed by atoms with van der Waals surface area (Å²) in [5.74, 6) is -0.540. The summed E-state index contributed by atoms with van der Waals surface area (Å²) in [5.41, 5.74) is 1.75. The Labute approximate surface area is 264 Å². The van der Waals surface area contributed by atoms with Crippen LogP contribution in [0.1, 0.15) is 50.2 Å². The lowest BCUT2D eigenvalue weighted by Crippen LogP contribution is -2.53. The minimum absolute atomic E-state index is 0.0245. The van der Waals surface area contributed by atoms with Gasteiger partial charge in [0, 0.05) is 12.6 Å². The summed E-state index contributed by atoms with van der Waals surface area (Å²) in [7, 11) is -2.78. The van der Waals surface area contributed by atoms with Crippen molar-refractivity contribution in [3.8, 4) is 5.75 Å². The van der Waals surface area contributed by atoms with Crippen LogP contribution in [0, 0.1) is 6.92 Å². The van der Waals surface area contributed by atoms with Crippen molar-refractivity contribution in [2.24, 2.45) is 0 Å². The fraction of sp³-hybridized carbons (Fsp3) is 0.375. The number of rotatable bonds is 12. The maximum atomic E-state index is 14.3. The Hall–Kier alpha value is -3.27. The van der Waals surface area contributed by atoms with Crippen LogP contribution >= 0.6 is 23.2 Å². The Balaban J connectivity index is 1.75. The number of nitrogens with zero attached hydrogens (tertiary/aromatic N) is 2. The third-order valence-electron chi connectivity index (χ3n) is 7.67. The highest BCUT2D eigenvalue weighted by atomic mass is 35.5. The molecule has 8 nitrogen and oxygen atoms in total. The Bertz CT molecular complexity index is 1540. The third-order valence-corrected chi connectivity index (χ3v) is 10.2. The molecule has 3 aromatic rings. The lowest BCUT2D eigenvalue weighted by atomic mass is 10.1. The number of carbonyl (C=O) groups is 2. The molecule has 0 aliphatic heterocycles. The maximum absolute atomic E-state index is 14.3. The first-order valence-electron chi connectivity index (χ1n) is 14.3. The van der Waals surface area contributed by atoms with Crippen molar-refractivity contribution in [2.75, 3.05) is 18.0 Å². The van der Waals surface area contributed by atoms with Crippen LogP contribution in [-0.2, 0) is 26.2 Å². The van der Waals surface area contributed by atoms with Gasteiger partial charge in [-0.15, -0.1) is 0 Å². The standard InChI is InChI=1S/C32H37Cl2N3O5S/c1-4-28(32(39)35-24-9-5-6-10-24)36(20-23-15-18-26(33)27(34)19-23)31(38)21-37(29-11-7-8-12-30(29)42-3)43(40,41)25-16-13-22(2)14-17-25/h7-8,11-19,24,28H,4-6,9-10,20-21H2,1-3H3,(H,35,39)/t28-/m0/s1. The van der Waals surface area contributed by atoms with Crippen molar-refractivity contribution in [1.82, 2.24) is 10.2 Å². The predicted octanol–water partition coefficient (Wildman–Crippen LogP) is 6.37. The van der Waals surface area contributed by atoms with Crippen LogP contribution in [0.2, 0.25) is 10.0 Å². The number of ether oxygens (including phenoxy) is 1. The number of nitrogens with one attached hydrogen (secondary N) is 1. The quantitative estimate of drug-likeness (QED) is 0.247. The van der Waals surface area contributed by atoms with Crippen molar-refractivity contribution in [2.45, 2.75) is 69.5 Å². The minimum Gasteiger partial charge on any atom is -0.495 e. The van der Waals surface area contributed by atoms with Crippen LogP contribution in [0.3, 0.4) is 0 Å². The van der Waals surface area contributed by atoms with Gasteiger partial charge in [0.15, 0.2) is 0 Å². The van der Waals surface area contributed by atoms with Crippen molar-refractivity contribution in [3.63, 3.8) is 0 Å². The van der Waals surface area contributed by atoms with Gasteiger partial charge in [0.25, 0.3) is 10.0 Å². The molecule has 0 saturated heterocycles. The van der Waals surface area contributed by atoms with Crippen LogP contribution in [0.25, 0.3) is 0 Å².